The first-order chi connectivity index (χ1) is 10.0. The summed E-state index contributed by atoms with van der Waals surface area (Å²) in [6.07, 6.45) is -0.585. The summed E-state index contributed by atoms with van der Waals surface area (Å²) in [4.78, 5) is 45.7. The number of nitrogens with one attached hydrogen (secondary N) is 1. The number of carboxylic acids is 2. The number of ether oxygens (including phenoxy) is 1. The van der Waals surface area contributed by atoms with Gasteiger partial charge in [0, 0.05) is 24.8 Å². The Kier molecular flexibility index (Phi) is 5.51. The normalized spacial score (nSPS) is 22.3. The zero-order chi connectivity index (χ0) is 17.1. The van der Waals surface area contributed by atoms with E-state index in [0.717, 1.165) is 0 Å². The van der Waals surface area contributed by atoms with Gasteiger partial charge in [-0.1, -0.05) is 0 Å². The molecule has 0 bridgehead atoms. The van der Waals surface area contributed by atoms with Crippen LogP contribution in [0.2, 0.25) is 0 Å². The first-order valence-corrected chi connectivity index (χ1v) is 6.98. The summed E-state index contributed by atoms with van der Waals surface area (Å²) < 4.78 is 5.09. The molecule has 0 aromatic rings. The number of hydrogen-bond acceptors (Lipinski definition) is 5. The Morgan fingerprint density at radius 2 is 1.77 bits per heavy atom. The molecule has 22 heavy (non-hydrogen) atoms. The molecule has 2 atom stereocenters. The fourth-order valence-corrected chi connectivity index (χ4v) is 2.50. The number of carbonyl (C=O) groups excluding carboxylic acids is 2. The molecule has 8 heteroatoms. The minimum Gasteiger partial charge on any atom is -0.481 e. The van der Waals surface area contributed by atoms with E-state index in [1.54, 1.807) is 20.8 Å². The van der Waals surface area contributed by atoms with Gasteiger partial charge in [-0.05, 0) is 27.2 Å². The molecule has 0 spiro atoms. The maximum Gasteiger partial charge on any atom is 0.407 e. The van der Waals surface area contributed by atoms with Crippen molar-refractivity contribution in [3.05, 3.63) is 0 Å². The highest BCUT2D eigenvalue weighted by molar-refractivity contribution is 5.94. The van der Waals surface area contributed by atoms with Crippen LogP contribution < -0.4 is 5.32 Å². The van der Waals surface area contributed by atoms with E-state index >= 15 is 0 Å². The highest BCUT2D eigenvalue weighted by Crippen LogP contribution is 2.29. The van der Waals surface area contributed by atoms with E-state index < -0.39 is 41.5 Å². The van der Waals surface area contributed by atoms with Crippen LogP contribution in [0.4, 0.5) is 4.79 Å². The molecule has 124 valence electrons. The van der Waals surface area contributed by atoms with Gasteiger partial charge in [0.15, 0.2) is 5.92 Å². The van der Waals surface area contributed by atoms with Crippen LogP contribution in [0.1, 0.15) is 40.0 Å². The standard InChI is InChI=1S/C14H21NO7/c1-14(2,3)22-13(21)15-9-5-4-7(16)6-8(9)10(11(17)18)12(19)20/h8-10H,4-6H2,1-3H3,(H,15,21)(H,17,18)(H,19,20). The number of carboxylic acid groups (broad SMARTS) is 2. The molecular weight excluding hydrogens is 294 g/mol. The summed E-state index contributed by atoms with van der Waals surface area (Å²) in [5.74, 6) is -6.00. The molecule has 1 rings (SSSR count). The third-order valence-electron chi connectivity index (χ3n) is 3.38. The van der Waals surface area contributed by atoms with Crippen molar-refractivity contribution < 1.29 is 34.1 Å². The lowest BCUT2D eigenvalue weighted by Gasteiger charge is -2.34. The van der Waals surface area contributed by atoms with E-state index in [9.17, 15) is 19.2 Å². The first-order valence-electron chi connectivity index (χ1n) is 6.98. The summed E-state index contributed by atoms with van der Waals surface area (Å²) >= 11 is 0. The Morgan fingerprint density at radius 1 is 1.23 bits per heavy atom. The number of aliphatic carboxylic acids is 2. The van der Waals surface area contributed by atoms with E-state index in [0.29, 0.717) is 0 Å². The van der Waals surface area contributed by atoms with Crippen LogP contribution in [-0.2, 0) is 19.1 Å². The summed E-state index contributed by atoms with van der Waals surface area (Å²) in [6, 6.07) is -0.732. The number of alkyl carbamates (subject to hydrolysis) is 1. The van der Waals surface area contributed by atoms with Gasteiger partial charge in [-0.25, -0.2) is 4.79 Å². The highest BCUT2D eigenvalue weighted by Gasteiger charge is 2.43. The van der Waals surface area contributed by atoms with Gasteiger partial charge in [0.05, 0.1) is 0 Å². The Morgan fingerprint density at radius 3 is 2.23 bits per heavy atom. The maximum absolute atomic E-state index is 11.8. The molecule has 1 saturated carbocycles. The monoisotopic (exact) mass is 315 g/mol. The van der Waals surface area contributed by atoms with E-state index in [1.807, 2.05) is 0 Å². The molecule has 1 aliphatic carbocycles. The van der Waals surface area contributed by atoms with Gasteiger partial charge in [-0.15, -0.1) is 0 Å². The third kappa shape index (κ3) is 5.01. The fraction of sp³-hybridized carbons (Fsp3) is 0.714. The third-order valence-corrected chi connectivity index (χ3v) is 3.38. The second-order valence-electron chi connectivity index (χ2n) is 6.35. The first kappa shape index (κ1) is 17.9. The molecule has 8 nitrogen and oxygen atoms in total. The largest absolute Gasteiger partial charge is 0.481 e. The van der Waals surface area contributed by atoms with Crippen molar-refractivity contribution in [3.63, 3.8) is 0 Å². The van der Waals surface area contributed by atoms with Gasteiger partial charge in [0.2, 0.25) is 0 Å². The lowest BCUT2D eigenvalue weighted by molar-refractivity contribution is -0.158. The minimum absolute atomic E-state index is 0.170. The van der Waals surface area contributed by atoms with E-state index in [-0.39, 0.29) is 25.0 Å². The van der Waals surface area contributed by atoms with Crippen molar-refractivity contribution in [2.45, 2.75) is 51.7 Å². The SMILES string of the molecule is CC(C)(C)OC(=O)NC1CCC(=O)CC1C(C(=O)O)C(=O)O. The Labute approximate surface area is 127 Å². The maximum atomic E-state index is 11.8. The molecule has 0 aliphatic heterocycles. The van der Waals surface area contributed by atoms with Crippen LogP contribution in [-0.4, -0.2) is 45.7 Å². The molecule has 1 aliphatic rings. The van der Waals surface area contributed by atoms with Gasteiger partial charge in [-0.3, -0.25) is 14.4 Å². The minimum atomic E-state index is -1.75. The average Bonchev–Trinajstić information content (AvgIpc) is 2.29. The lowest BCUT2D eigenvalue weighted by atomic mass is 9.76. The average molecular weight is 315 g/mol. The smallest absolute Gasteiger partial charge is 0.407 e. The van der Waals surface area contributed by atoms with Crippen LogP contribution in [0.5, 0.6) is 0 Å². The quantitative estimate of drug-likeness (QED) is 0.660. The number of carbonyl (C=O) groups is 4. The van der Waals surface area contributed by atoms with Crippen molar-refractivity contribution >= 4 is 23.8 Å². The Bertz CT molecular complexity index is 466. The second kappa shape index (κ2) is 6.76. The topological polar surface area (TPSA) is 130 Å². The van der Waals surface area contributed by atoms with E-state index in [4.69, 9.17) is 14.9 Å². The van der Waals surface area contributed by atoms with Crippen molar-refractivity contribution in [2.75, 3.05) is 0 Å². The summed E-state index contributed by atoms with van der Waals surface area (Å²) in [6.45, 7) is 5.02. The summed E-state index contributed by atoms with van der Waals surface area (Å²) in [7, 11) is 0. The van der Waals surface area contributed by atoms with E-state index in [1.165, 1.54) is 0 Å². The van der Waals surface area contributed by atoms with Crippen molar-refractivity contribution in [1.29, 1.82) is 0 Å². The molecule has 2 unspecified atom stereocenters. The van der Waals surface area contributed by atoms with Gasteiger partial charge in [0.1, 0.15) is 11.4 Å². The Balaban J connectivity index is 2.89. The molecule has 0 heterocycles. The predicted octanol–water partition coefficient (Wildman–Crippen LogP) is 1.03. The van der Waals surface area contributed by atoms with Gasteiger partial charge >= 0.3 is 18.0 Å². The molecule has 0 aromatic carbocycles. The van der Waals surface area contributed by atoms with Crippen molar-refractivity contribution in [3.8, 4) is 0 Å². The lowest BCUT2D eigenvalue weighted by Crippen LogP contribution is -2.50. The summed E-state index contributed by atoms with van der Waals surface area (Å²) in [5, 5.41) is 20.7. The zero-order valence-electron chi connectivity index (χ0n) is 12.8. The van der Waals surface area contributed by atoms with Gasteiger partial charge in [-0.2, -0.15) is 0 Å². The molecule has 0 aromatic heterocycles. The zero-order valence-corrected chi connectivity index (χ0v) is 12.8. The van der Waals surface area contributed by atoms with E-state index in [2.05, 4.69) is 5.32 Å². The molecular formula is C14H21NO7. The molecule has 0 radical (unpaired) electrons. The number of hydrogen-bond donors (Lipinski definition) is 3. The predicted molar refractivity (Wildman–Crippen MR) is 74.3 cm³/mol. The van der Waals surface area contributed by atoms with Crippen molar-refractivity contribution in [2.24, 2.45) is 11.8 Å². The molecule has 3 N–H and O–H groups in total. The number of rotatable bonds is 4. The van der Waals surface area contributed by atoms with Crippen LogP contribution in [0.3, 0.4) is 0 Å². The summed E-state index contributed by atoms with van der Waals surface area (Å²) in [5.41, 5.74) is -0.733. The highest BCUT2D eigenvalue weighted by atomic mass is 16.6. The number of amides is 1. The molecule has 1 amide bonds. The van der Waals surface area contributed by atoms with Crippen LogP contribution in [0.15, 0.2) is 0 Å². The van der Waals surface area contributed by atoms with Crippen molar-refractivity contribution in [1.82, 2.24) is 5.32 Å². The van der Waals surface area contributed by atoms with Crippen LogP contribution >= 0.6 is 0 Å². The fourth-order valence-electron chi connectivity index (χ4n) is 2.50. The molecule has 1 fully saturated rings. The molecule has 0 saturated heterocycles. The number of ketones is 1. The van der Waals surface area contributed by atoms with Gasteiger partial charge in [0.25, 0.3) is 0 Å². The van der Waals surface area contributed by atoms with Gasteiger partial charge < -0.3 is 20.3 Å². The second-order valence-corrected chi connectivity index (χ2v) is 6.35. The number of Topliss-reactive ketones (excluding diaryl/α,β-unsaturated/α-hetero) is 1. The van der Waals surface area contributed by atoms with Crippen LogP contribution in [0.25, 0.3) is 0 Å². The van der Waals surface area contributed by atoms with Crippen LogP contribution in [0, 0.1) is 11.8 Å². The Hall–Kier alpha value is -2.12.